The molecule has 1 heterocycles. The molecule has 0 aliphatic heterocycles. The Morgan fingerprint density at radius 1 is 1.43 bits per heavy atom. The molecule has 0 radical (unpaired) electrons. The number of carbonyl (C=O) groups excluding carboxylic acids is 1. The molecule has 0 aliphatic rings. The van der Waals surface area contributed by atoms with Gasteiger partial charge in [0.1, 0.15) is 11.3 Å². The Kier molecular flexibility index (Phi) is 4.62. The Labute approximate surface area is 123 Å². The van der Waals surface area contributed by atoms with Gasteiger partial charge in [0.15, 0.2) is 6.61 Å². The zero-order chi connectivity index (χ0) is 15.2. The van der Waals surface area contributed by atoms with Crippen LogP contribution in [0.3, 0.4) is 0 Å². The van der Waals surface area contributed by atoms with Gasteiger partial charge >= 0.3 is 5.97 Å². The fourth-order valence-corrected chi connectivity index (χ4v) is 1.72. The largest absolute Gasteiger partial charge is 0.497 e. The summed E-state index contributed by atoms with van der Waals surface area (Å²) in [7, 11) is 3.37. The van der Waals surface area contributed by atoms with E-state index in [-0.39, 0.29) is 6.61 Å². The fraction of sp³-hybridized carbons (Fsp3) is 0.250. The molecule has 5 nitrogen and oxygen atoms in total. The smallest absolute Gasteiger partial charge is 0.342 e. The normalized spacial score (nSPS) is 9.67. The number of hydrogen-bond acceptors (Lipinski definition) is 4. The Morgan fingerprint density at radius 3 is 2.90 bits per heavy atom. The van der Waals surface area contributed by atoms with Crippen LogP contribution < -0.4 is 4.74 Å². The first kappa shape index (κ1) is 14.7. The number of methoxy groups -OCH3 is 1. The minimum Gasteiger partial charge on any atom is -0.497 e. The Hall–Kier alpha value is -2.74. The van der Waals surface area contributed by atoms with Gasteiger partial charge in [-0.1, -0.05) is 17.9 Å². The zero-order valence-electron chi connectivity index (χ0n) is 12.2. The topological polar surface area (TPSA) is 53.4 Å². The van der Waals surface area contributed by atoms with Gasteiger partial charge in [-0.2, -0.15) is 5.10 Å². The highest BCUT2D eigenvalue weighted by atomic mass is 16.5. The Morgan fingerprint density at radius 2 is 2.24 bits per heavy atom. The van der Waals surface area contributed by atoms with E-state index < -0.39 is 5.97 Å². The number of rotatable bonds is 3. The first-order chi connectivity index (χ1) is 10.1. The lowest BCUT2D eigenvalue weighted by atomic mass is 10.2. The second kappa shape index (κ2) is 6.62. The van der Waals surface area contributed by atoms with Gasteiger partial charge < -0.3 is 9.47 Å². The first-order valence-corrected chi connectivity index (χ1v) is 6.40. The molecule has 2 rings (SSSR count). The molecule has 2 aromatic rings. The van der Waals surface area contributed by atoms with Crippen LogP contribution in [0, 0.1) is 18.8 Å². The lowest BCUT2D eigenvalue weighted by molar-refractivity contribution is 0.0555. The van der Waals surface area contributed by atoms with Crippen LogP contribution in [0.25, 0.3) is 0 Å². The molecule has 1 aromatic heterocycles. The highest BCUT2D eigenvalue weighted by Crippen LogP contribution is 2.11. The number of aryl methyl sites for hydroxylation is 1. The predicted octanol–water partition coefficient (Wildman–Crippen LogP) is 1.95. The molecule has 0 N–H and O–H groups in total. The van der Waals surface area contributed by atoms with Crippen LogP contribution in [-0.2, 0) is 11.8 Å². The molecule has 0 aliphatic carbocycles. The molecule has 0 unspecified atom stereocenters. The third-order valence-electron chi connectivity index (χ3n) is 3.03. The maximum absolute atomic E-state index is 11.8. The van der Waals surface area contributed by atoms with Crippen LogP contribution in [0.1, 0.15) is 21.6 Å². The van der Waals surface area contributed by atoms with Gasteiger partial charge in [-0.25, -0.2) is 4.79 Å². The van der Waals surface area contributed by atoms with E-state index in [0.29, 0.717) is 5.56 Å². The van der Waals surface area contributed by atoms with Crippen molar-refractivity contribution < 1.29 is 14.3 Å². The SMILES string of the molecule is COc1cccc(C#CCOC(=O)c2cnn(C)c2C)c1. The van der Waals surface area contributed by atoms with Crippen LogP contribution in [0.5, 0.6) is 5.75 Å². The quantitative estimate of drug-likeness (QED) is 0.638. The second-order valence-corrected chi connectivity index (χ2v) is 4.38. The molecule has 108 valence electrons. The standard InChI is InChI=1S/C16H16N2O3/c1-12-15(11-17-18(12)2)16(19)21-9-5-7-13-6-4-8-14(10-13)20-3/h4,6,8,10-11H,9H2,1-3H3. The van der Waals surface area contributed by atoms with Crippen molar-refractivity contribution in [2.45, 2.75) is 6.92 Å². The average molecular weight is 284 g/mol. The zero-order valence-corrected chi connectivity index (χ0v) is 12.2. The number of benzene rings is 1. The lowest BCUT2D eigenvalue weighted by Gasteiger charge is -2.00. The van der Waals surface area contributed by atoms with Crippen molar-refractivity contribution >= 4 is 5.97 Å². The van der Waals surface area contributed by atoms with Gasteiger partial charge in [0.2, 0.25) is 0 Å². The van der Waals surface area contributed by atoms with E-state index in [0.717, 1.165) is 17.0 Å². The van der Waals surface area contributed by atoms with Gasteiger partial charge in [-0.3, -0.25) is 4.68 Å². The van der Waals surface area contributed by atoms with E-state index in [2.05, 4.69) is 16.9 Å². The summed E-state index contributed by atoms with van der Waals surface area (Å²) in [6.45, 7) is 1.84. The summed E-state index contributed by atoms with van der Waals surface area (Å²) >= 11 is 0. The van der Waals surface area contributed by atoms with Crippen molar-refractivity contribution in [3.8, 4) is 17.6 Å². The number of esters is 1. The van der Waals surface area contributed by atoms with Gasteiger partial charge in [0.25, 0.3) is 0 Å². The summed E-state index contributed by atoms with van der Waals surface area (Å²) in [6, 6.07) is 7.38. The van der Waals surface area contributed by atoms with Crippen LogP contribution in [0.2, 0.25) is 0 Å². The highest BCUT2D eigenvalue weighted by molar-refractivity contribution is 5.90. The van der Waals surface area contributed by atoms with Crippen molar-refractivity contribution in [2.24, 2.45) is 7.05 Å². The molecule has 0 spiro atoms. The van der Waals surface area contributed by atoms with Gasteiger partial charge in [0.05, 0.1) is 13.3 Å². The number of ether oxygens (including phenoxy) is 2. The third kappa shape index (κ3) is 3.63. The number of aromatic nitrogens is 2. The van der Waals surface area contributed by atoms with Gasteiger partial charge in [-0.05, 0) is 25.1 Å². The maximum atomic E-state index is 11.8. The minimum absolute atomic E-state index is 0.0321. The molecule has 0 bridgehead atoms. The highest BCUT2D eigenvalue weighted by Gasteiger charge is 2.13. The molecular weight excluding hydrogens is 268 g/mol. The summed E-state index contributed by atoms with van der Waals surface area (Å²) in [5, 5.41) is 4.00. The lowest BCUT2D eigenvalue weighted by Crippen LogP contribution is -2.06. The van der Waals surface area contributed by atoms with Crippen LogP contribution in [0.15, 0.2) is 30.5 Å². The molecule has 5 heteroatoms. The van der Waals surface area contributed by atoms with Crippen LogP contribution in [-0.4, -0.2) is 29.5 Å². The van der Waals surface area contributed by atoms with Crippen LogP contribution >= 0.6 is 0 Å². The van der Waals surface area contributed by atoms with Crippen molar-refractivity contribution in [3.63, 3.8) is 0 Å². The third-order valence-corrected chi connectivity index (χ3v) is 3.03. The van der Waals surface area contributed by atoms with Gasteiger partial charge in [0, 0.05) is 18.3 Å². The van der Waals surface area contributed by atoms with E-state index in [4.69, 9.17) is 9.47 Å². The van der Waals surface area contributed by atoms with Crippen molar-refractivity contribution in [3.05, 3.63) is 47.3 Å². The summed E-state index contributed by atoms with van der Waals surface area (Å²) in [5.74, 6) is 6.05. The number of carbonyl (C=O) groups is 1. The summed E-state index contributed by atoms with van der Waals surface area (Å²) in [6.07, 6.45) is 1.49. The summed E-state index contributed by atoms with van der Waals surface area (Å²) in [5.41, 5.74) is 2.03. The van der Waals surface area contributed by atoms with E-state index in [9.17, 15) is 4.79 Å². The van der Waals surface area contributed by atoms with Crippen LogP contribution in [0.4, 0.5) is 0 Å². The summed E-state index contributed by atoms with van der Waals surface area (Å²) < 4.78 is 11.8. The van der Waals surface area contributed by atoms with Gasteiger partial charge in [-0.15, -0.1) is 0 Å². The minimum atomic E-state index is -0.416. The molecule has 0 amide bonds. The van der Waals surface area contributed by atoms with Crippen molar-refractivity contribution in [1.82, 2.24) is 9.78 Å². The second-order valence-electron chi connectivity index (χ2n) is 4.38. The van der Waals surface area contributed by atoms with E-state index in [1.54, 1.807) is 18.8 Å². The predicted molar refractivity (Wildman–Crippen MR) is 78.1 cm³/mol. The molecule has 1 aromatic carbocycles. The molecule has 21 heavy (non-hydrogen) atoms. The number of nitrogens with zero attached hydrogens (tertiary/aromatic N) is 2. The molecule has 0 saturated heterocycles. The molecule has 0 fully saturated rings. The Balaban J connectivity index is 1.94. The fourth-order valence-electron chi connectivity index (χ4n) is 1.72. The van der Waals surface area contributed by atoms with E-state index >= 15 is 0 Å². The monoisotopic (exact) mass is 284 g/mol. The van der Waals surface area contributed by atoms with E-state index in [1.807, 2.05) is 31.2 Å². The van der Waals surface area contributed by atoms with E-state index in [1.165, 1.54) is 6.20 Å². The molecule has 0 saturated carbocycles. The molecular formula is C16H16N2O3. The maximum Gasteiger partial charge on any atom is 0.342 e. The Bertz CT molecular complexity index is 708. The van der Waals surface area contributed by atoms with Crippen molar-refractivity contribution in [1.29, 1.82) is 0 Å². The summed E-state index contributed by atoms with van der Waals surface area (Å²) in [4.78, 5) is 11.8. The molecule has 0 atom stereocenters. The van der Waals surface area contributed by atoms with Crippen molar-refractivity contribution in [2.75, 3.05) is 13.7 Å². The average Bonchev–Trinajstić information content (AvgIpc) is 2.83. The number of hydrogen-bond donors (Lipinski definition) is 0. The first-order valence-electron chi connectivity index (χ1n) is 6.40.